The van der Waals surface area contributed by atoms with Gasteiger partial charge in [-0.15, -0.1) is 0 Å². The third-order valence-electron chi connectivity index (χ3n) is 8.45. The zero-order valence-electron chi connectivity index (χ0n) is 22.3. The van der Waals surface area contributed by atoms with E-state index in [9.17, 15) is 19.2 Å². The Kier molecular flexibility index (Phi) is 7.34. The molecule has 1 saturated heterocycles. The molecule has 0 aromatic heterocycles. The molecule has 1 heterocycles. The van der Waals surface area contributed by atoms with E-state index in [1.54, 1.807) is 12.1 Å². The number of benzene rings is 3. The van der Waals surface area contributed by atoms with Gasteiger partial charge in [-0.05, 0) is 46.9 Å². The number of hydrogen-bond acceptors (Lipinski definition) is 5. The molecule has 2 bridgehead atoms. The molecule has 3 atom stereocenters. The van der Waals surface area contributed by atoms with E-state index in [0.717, 1.165) is 33.6 Å². The van der Waals surface area contributed by atoms with Crippen molar-refractivity contribution in [2.24, 2.45) is 11.8 Å². The molecule has 0 saturated carbocycles. The number of nitrogens with zero attached hydrogens (tertiary/aromatic N) is 1. The smallest absolute Gasteiger partial charge is 0.329 e. The Hall–Kier alpha value is -3.68. The van der Waals surface area contributed by atoms with E-state index < -0.39 is 36.4 Å². The van der Waals surface area contributed by atoms with Crippen LogP contribution < -0.4 is 5.32 Å². The second kappa shape index (κ2) is 11.0. The van der Waals surface area contributed by atoms with E-state index in [-0.39, 0.29) is 35.1 Å². The fraction of sp³-hybridized carbons (Fsp3) is 0.312. The fourth-order valence-corrected chi connectivity index (χ4v) is 7.06. The van der Waals surface area contributed by atoms with Crippen LogP contribution in [0.25, 0.3) is 0 Å². The summed E-state index contributed by atoms with van der Waals surface area (Å²) in [5.41, 5.74) is 4.64. The van der Waals surface area contributed by atoms with Crippen LogP contribution in [0.15, 0.2) is 66.7 Å². The molecule has 0 spiro atoms. The van der Waals surface area contributed by atoms with Gasteiger partial charge in [-0.3, -0.25) is 19.3 Å². The first kappa shape index (κ1) is 27.5. The number of carbonyl (C=O) groups excluding carboxylic acids is 4. The molecule has 3 aromatic carbocycles. The Morgan fingerprint density at radius 1 is 0.854 bits per heavy atom. The molecule has 7 rings (SSSR count). The molecule has 210 valence electrons. The van der Waals surface area contributed by atoms with E-state index >= 15 is 0 Å². The van der Waals surface area contributed by atoms with Crippen LogP contribution in [0.3, 0.4) is 0 Å². The fourth-order valence-electron chi connectivity index (χ4n) is 6.76. The highest BCUT2D eigenvalue weighted by molar-refractivity contribution is 6.42. The van der Waals surface area contributed by atoms with Crippen LogP contribution in [0, 0.1) is 11.8 Å². The topological polar surface area (TPSA) is 92.8 Å². The monoisotopic (exact) mass is 590 g/mol. The van der Waals surface area contributed by atoms with Crippen LogP contribution in [-0.2, 0) is 23.9 Å². The van der Waals surface area contributed by atoms with Gasteiger partial charge in [-0.25, -0.2) is 4.79 Å². The number of nitrogens with one attached hydrogen (secondary N) is 1. The molecule has 0 unspecified atom stereocenters. The number of unbranched alkanes of at least 4 members (excludes halogenated alkanes) is 1. The van der Waals surface area contributed by atoms with Crippen molar-refractivity contribution < 1.29 is 23.9 Å². The van der Waals surface area contributed by atoms with Crippen molar-refractivity contribution >= 4 is 52.6 Å². The van der Waals surface area contributed by atoms with Crippen LogP contribution >= 0.6 is 23.2 Å². The van der Waals surface area contributed by atoms with Crippen molar-refractivity contribution in [3.63, 3.8) is 0 Å². The highest BCUT2D eigenvalue weighted by atomic mass is 35.5. The average molecular weight is 591 g/mol. The number of halogens is 2. The number of hydrogen-bond donors (Lipinski definition) is 1. The maximum Gasteiger partial charge on any atom is 0.329 e. The van der Waals surface area contributed by atoms with Crippen molar-refractivity contribution in [3.05, 3.63) is 99.0 Å². The third kappa shape index (κ3) is 4.61. The summed E-state index contributed by atoms with van der Waals surface area (Å²) in [6.07, 6.45) is 1.62. The molecule has 4 aliphatic rings. The quantitative estimate of drug-likeness (QED) is 0.259. The molecule has 0 radical (unpaired) electrons. The van der Waals surface area contributed by atoms with Crippen molar-refractivity contribution in [2.75, 3.05) is 11.9 Å². The molecular weight excluding hydrogens is 563 g/mol. The largest absolute Gasteiger partial charge is 0.454 e. The Balaban J connectivity index is 1.25. The van der Waals surface area contributed by atoms with Crippen LogP contribution in [0.1, 0.15) is 60.3 Å². The Morgan fingerprint density at radius 3 is 1.88 bits per heavy atom. The second-order valence-electron chi connectivity index (χ2n) is 10.8. The number of ether oxygens (including phenoxy) is 1. The molecule has 1 N–H and O–H groups in total. The second-order valence-corrected chi connectivity index (χ2v) is 11.6. The maximum absolute atomic E-state index is 14.1. The van der Waals surface area contributed by atoms with Crippen molar-refractivity contribution in [3.8, 4) is 0 Å². The zero-order chi connectivity index (χ0) is 28.8. The number of carbonyl (C=O) groups is 4. The number of amides is 3. The SMILES string of the molecule is CCCC[C@H](C(=O)OCC(=O)Nc1ccc(Cl)c(Cl)c1)N1C(=O)[C@@H]2C3c4ccccc4C(c4ccccc43)[C@H]2C1=O. The minimum Gasteiger partial charge on any atom is -0.454 e. The normalized spacial score (nSPS) is 22.6. The van der Waals surface area contributed by atoms with Gasteiger partial charge in [0.2, 0.25) is 11.8 Å². The molecule has 3 aliphatic carbocycles. The summed E-state index contributed by atoms with van der Waals surface area (Å²) in [5.74, 6) is -3.76. The first-order valence-corrected chi connectivity index (χ1v) is 14.5. The van der Waals surface area contributed by atoms with E-state index in [1.807, 2.05) is 55.5 Å². The van der Waals surface area contributed by atoms with Gasteiger partial charge in [0.15, 0.2) is 6.61 Å². The molecule has 1 aliphatic heterocycles. The molecule has 7 nitrogen and oxygen atoms in total. The lowest BCUT2D eigenvalue weighted by Crippen LogP contribution is -2.47. The summed E-state index contributed by atoms with van der Waals surface area (Å²) in [7, 11) is 0. The first-order chi connectivity index (χ1) is 19.8. The molecule has 41 heavy (non-hydrogen) atoms. The van der Waals surface area contributed by atoms with Crippen molar-refractivity contribution in [1.82, 2.24) is 4.90 Å². The van der Waals surface area contributed by atoms with E-state index in [2.05, 4.69) is 5.32 Å². The number of anilines is 1. The summed E-state index contributed by atoms with van der Waals surface area (Å²) in [4.78, 5) is 55.3. The summed E-state index contributed by atoms with van der Waals surface area (Å²) in [5, 5.41) is 3.22. The number of rotatable bonds is 8. The van der Waals surface area contributed by atoms with Crippen molar-refractivity contribution in [2.45, 2.75) is 44.1 Å². The average Bonchev–Trinajstić information content (AvgIpc) is 3.24. The van der Waals surface area contributed by atoms with Gasteiger partial charge >= 0.3 is 5.97 Å². The third-order valence-corrected chi connectivity index (χ3v) is 9.19. The summed E-state index contributed by atoms with van der Waals surface area (Å²) >= 11 is 11.9. The van der Waals surface area contributed by atoms with Gasteiger partial charge in [0, 0.05) is 17.5 Å². The summed E-state index contributed by atoms with van der Waals surface area (Å²) < 4.78 is 5.39. The van der Waals surface area contributed by atoms with E-state index in [0.29, 0.717) is 17.1 Å². The van der Waals surface area contributed by atoms with Crippen LogP contribution in [0.2, 0.25) is 10.0 Å². The van der Waals surface area contributed by atoms with Crippen LogP contribution in [-0.4, -0.2) is 41.2 Å². The predicted molar refractivity (Wildman–Crippen MR) is 155 cm³/mol. The van der Waals surface area contributed by atoms with Crippen molar-refractivity contribution in [1.29, 1.82) is 0 Å². The summed E-state index contributed by atoms with van der Waals surface area (Å²) in [6.45, 7) is 1.39. The highest BCUT2D eigenvalue weighted by Crippen LogP contribution is 2.61. The highest BCUT2D eigenvalue weighted by Gasteiger charge is 2.63. The minimum atomic E-state index is -1.11. The molecule has 9 heteroatoms. The Bertz CT molecular complexity index is 1460. The Labute approximate surface area is 247 Å². The summed E-state index contributed by atoms with van der Waals surface area (Å²) in [6, 6.07) is 19.5. The molecular formula is C32H28Cl2N2O5. The zero-order valence-corrected chi connectivity index (χ0v) is 23.8. The van der Waals surface area contributed by atoms with Crippen LogP contribution in [0.4, 0.5) is 5.69 Å². The van der Waals surface area contributed by atoms with Gasteiger partial charge < -0.3 is 10.1 Å². The number of esters is 1. The predicted octanol–water partition coefficient (Wildman–Crippen LogP) is 5.93. The van der Waals surface area contributed by atoms with E-state index in [1.165, 1.54) is 6.07 Å². The molecule has 3 aromatic rings. The molecule has 1 fully saturated rings. The Morgan fingerprint density at radius 2 is 1.39 bits per heavy atom. The standard InChI is InChI=1S/C32H28Cl2N2O5/c1-2-3-12-24(32(40)41-16-25(37)35-17-13-14-22(33)23(34)15-17)36-30(38)28-26-18-8-4-5-9-19(18)27(29(28)31(36)39)21-11-7-6-10-20(21)26/h4-11,13-15,24,26-29H,2-3,12,16H2,1H3,(H,35,37)/t24-,26?,27?,28-,29-/m1/s1. The number of imide groups is 1. The van der Waals surface area contributed by atoms with Gasteiger partial charge in [0.1, 0.15) is 6.04 Å². The van der Waals surface area contributed by atoms with Gasteiger partial charge in [0.05, 0.1) is 21.9 Å². The van der Waals surface area contributed by atoms with Gasteiger partial charge in [-0.2, -0.15) is 0 Å². The van der Waals surface area contributed by atoms with Crippen LogP contribution in [0.5, 0.6) is 0 Å². The van der Waals surface area contributed by atoms with Gasteiger partial charge in [0.25, 0.3) is 5.91 Å². The number of likely N-dealkylation sites (tertiary alicyclic amines) is 1. The lowest BCUT2D eigenvalue weighted by molar-refractivity contribution is -0.160. The maximum atomic E-state index is 14.1. The van der Waals surface area contributed by atoms with Gasteiger partial charge in [-0.1, -0.05) is 91.5 Å². The minimum absolute atomic E-state index is 0.260. The molecule has 3 amide bonds. The lowest BCUT2D eigenvalue weighted by Gasteiger charge is -2.45. The first-order valence-electron chi connectivity index (χ1n) is 13.8. The van der Waals surface area contributed by atoms with E-state index in [4.69, 9.17) is 27.9 Å². The lowest BCUT2D eigenvalue weighted by atomic mass is 9.55.